The molecule has 0 heterocycles. The van der Waals surface area contributed by atoms with Crippen LogP contribution in [0.1, 0.15) is 85.0 Å². The van der Waals surface area contributed by atoms with E-state index in [0.717, 1.165) is 0 Å². The van der Waals surface area contributed by atoms with Crippen molar-refractivity contribution in [1.29, 1.82) is 0 Å². The van der Waals surface area contributed by atoms with E-state index in [4.69, 9.17) is 0 Å². The monoisotopic (exact) mass is 210 g/mol. The van der Waals surface area contributed by atoms with Gasteiger partial charge in [-0.25, -0.2) is 0 Å². The zero-order valence-electron chi connectivity index (χ0n) is 11.1. The number of rotatable bonds is 10. The summed E-state index contributed by atoms with van der Waals surface area (Å²) in [6.45, 7) is 6.83. The molecule has 15 heavy (non-hydrogen) atoms. The van der Waals surface area contributed by atoms with Crippen LogP contribution in [-0.2, 0) is 0 Å². The molecule has 0 aliphatic heterocycles. The fourth-order valence-corrected chi connectivity index (χ4v) is 1.83. The second kappa shape index (κ2) is 11.8. The number of hydrogen-bond donors (Lipinski definition) is 0. The summed E-state index contributed by atoms with van der Waals surface area (Å²) in [6, 6.07) is 0. The van der Waals surface area contributed by atoms with Crippen molar-refractivity contribution in [1.82, 2.24) is 0 Å². The van der Waals surface area contributed by atoms with Crippen molar-refractivity contribution in [3.63, 3.8) is 0 Å². The lowest BCUT2D eigenvalue weighted by Gasteiger charge is -2.00. The molecule has 0 aromatic rings. The maximum Gasteiger partial charge on any atom is -0.0323 e. The average Bonchev–Trinajstić information content (AvgIpc) is 2.25. The Kier molecular flexibility index (Phi) is 11.6. The third-order valence-corrected chi connectivity index (χ3v) is 2.98. The Morgan fingerprint density at radius 1 is 0.800 bits per heavy atom. The first-order valence-corrected chi connectivity index (χ1v) is 6.96. The van der Waals surface area contributed by atoms with E-state index in [-0.39, 0.29) is 0 Å². The maximum absolute atomic E-state index is 2.45. The van der Waals surface area contributed by atoms with Crippen molar-refractivity contribution in [2.45, 2.75) is 85.0 Å². The van der Waals surface area contributed by atoms with Crippen LogP contribution in [0.4, 0.5) is 0 Å². The van der Waals surface area contributed by atoms with Gasteiger partial charge in [0.25, 0.3) is 0 Å². The van der Waals surface area contributed by atoms with Gasteiger partial charge in [-0.05, 0) is 32.6 Å². The van der Waals surface area contributed by atoms with Crippen LogP contribution >= 0.6 is 0 Å². The Bertz CT molecular complexity index is 144. The van der Waals surface area contributed by atoms with Crippen molar-refractivity contribution >= 4 is 0 Å². The Morgan fingerprint density at radius 3 is 2.07 bits per heavy atom. The molecule has 0 radical (unpaired) electrons. The topological polar surface area (TPSA) is 0 Å². The molecule has 0 unspecified atom stereocenters. The summed E-state index contributed by atoms with van der Waals surface area (Å²) in [5, 5.41) is 0. The van der Waals surface area contributed by atoms with Gasteiger partial charge in [0.2, 0.25) is 0 Å². The zero-order valence-corrected chi connectivity index (χ0v) is 11.1. The van der Waals surface area contributed by atoms with E-state index in [1.807, 2.05) is 0 Å². The summed E-state index contributed by atoms with van der Waals surface area (Å²) in [6.07, 6.45) is 16.2. The van der Waals surface area contributed by atoms with E-state index >= 15 is 0 Å². The summed E-state index contributed by atoms with van der Waals surface area (Å²) >= 11 is 0. The number of unbranched alkanes of at least 4 members (excludes halogenated alkanes) is 7. The lowest BCUT2D eigenvalue weighted by atomic mass is 10.1. The first-order chi connectivity index (χ1) is 7.31. The molecule has 0 fully saturated rings. The Balaban J connectivity index is 3.20. The molecule has 0 aromatic carbocycles. The number of hydrogen-bond acceptors (Lipinski definition) is 0. The summed E-state index contributed by atoms with van der Waals surface area (Å²) in [4.78, 5) is 0. The molecule has 0 spiro atoms. The summed E-state index contributed by atoms with van der Waals surface area (Å²) in [7, 11) is 0. The van der Waals surface area contributed by atoms with Gasteiger partial charge in [-0.2, -0.15) is 0 Å². The van der Waals surface area contributed by atoms with Crippen LogP contribution in [0.15, 0.2) is 11.6 Å². The van der Waals surface area contributed by atoms with E-state index in [1.165, 1.54) is 64.2 Å². The summed E-state index contributed by atoms with van der Waals surface area (Å²) in [5.74, 6) is 0. The largest absolute Gasteiger partial charge is 0.0856 e. The van der Waals surface area contributed by atoms with Crippen LogP contribution < -0.4 is 0 Å². The van der Waals surface area contributed by atoms with Crippen LogP contribution in [-0.4, -0.2) is 0 Å². The molecule has 0 aromatic heterocycles. The molecule has 0 nitrogen and oxygen atoms in total. The van der Waals surface area contributed by atoms with Crippen LogP contribution in [0.3, 0.4) is 0 Å². The minimum absolute atomic E-state index is 1.31. The van der Waals surface area contributed by atoms with Crippen LogP contribution in [0.2, 0.25) is 0 Å². The SMILES string of the molecule is CCCCCCCCC=C(C)CCCC. The van der Waals surface area contributed by atoms with Gasteiger partial charge in [0, 0.05) is 0 Å². The highest BCUT2D eigenvalue weighted by Gasteiger charge is 1.91. The van der Waals surface area contributed by atoms with Gasteiger partial charge in [0.15, 0.2) is 0 Å². The van der Waals surface area contributed by atoms with Crippen molar-refractivity contribution in [3.05, 3.63) is 11.6 Å². The molecule has 90 valence electrons. The fraction of sp³-hybridized carbons (Fsp3) is 0.867. The molecule has 0 amide bonds. The van der Waals surface area contributed by atoms with E-state index in [0.29, 0.717) is 0 Å². The van der Waals surface area contributed by atoms with Crippen LogP contribution in [0.5, 0.6) is 0 Å². The van der Waals surface area contributed by atoms with Gasteiger partial charge < -0.3 is 0 Å². The molecular formula is C15H30. The standard InChI is InChI=1S/C15H30/c1-4-6-8-9-10-11-12-14-15(3)13-7-5-2/h14H,4-13H2,1-3H3. The lowest BCUT2D eigenvalue weighted by Crippen LogP contribution is -1.80. The van der Waals surface area contributed by atoms with Crippen molar-refractivity contribution in [2.75, 3.05) is 0 Å². The molecule has 0 rings (SSSR count). The Hall–Kier alpha value is -0.260. The van der Waals surface area contributed by atoms with Gasteiger partial charge in [-0.15, -0.1) is 0 Å². The lowest BCUT2D eigenvalue weighted by molar-refractivity contribution is 0.610. The Labute approximate surface area is 97.2 Å². The van der Waals surface area contributed by atoms with E-state index < -0.39 is 0 Å². The van der Waals surface area contributed by atoms with Gasteiger partial charge >= 0.3 is 0 Å². The highest BCUT2D eigenvalue weighted by molar-refractivity contribution is 4.97. The molecule has 0 N–H and O–H groups in total. The van der Waals surface area contributed by atoms with Crippen molar-refractivity contribution in [2.24, 2.45) is 0 Å². The van der Waals surface area contributed by atoms with Gasteiger partial charge in [-0.1, -0.05) is 64.0 Å². The third kappa shape index (κ3) is 11.7. The Morgan fingerprint density at radius 2 is 1.40 bits per heavy atom. The predicted octanol–water partition coefficient (Wildman–Crippen LogP) is 5.87. The molecule has 0 saturated carbocycles. The molecule has 0 aliphatic rings. The first-order valence-electron chi connectivity index (χ1n) is 6.96. The minimum atomic E-state index is 1.31. The molecule has 0 atom stereocenters. The second-order valence-corrected chi connectivity index (χ2v) is 4.71. The quantitative estimate of drug-likeness (QED) is 0.312. The van der Waals surface area contributed by atoms with E-state index in [1.54, 1.807) is 5.57 Å². The third-order valence-electron chi connectivity index (χ3n) is 2.98. The van der Waals surface area contributed by atoms with Gasteiger partial charge in [0.05, 0.1) is 0 Å². The van der Waals surface area contributed by atoms with Gasteiger partial charge in [0.1, 0.15) is 0 Å². The molecule has 0 bridgehead atoms. The van der Waals surface area contributed by atoms with Crippen LogP contribution in [0.25, 0.3) is 0 Å². The van der Waals surface area contributed by atoms with E-state index in [2.05, 4.69) is 26.8 Å². The predicted molar refractivity (Wildman–Crippen MR) is 71.3 cm³/mol. The highest BCUT2D eigenvalue weighted by Crippen LogP contribution is 2.11. The van der Waals surface area contributed by atoms with Crippen LogP contribution in [0, 0.1) is 0 Å². The fourth-order valence-electron chi connectivity index (χ4n) is 1.83. The number of allylic oxidation sites excluding steroid dienone is 2. The summed E-state index contributed by atoms with van der Waals surface area (Å²) < 4.78 is 0. The van der Waals surface area contributed by atoms with Crippen molar-refractivity contribution < 1.29 is 0 Å². The smallest absolute Gasteiger partial charge is 0.0323 e. The molecular weight excluding hydrogens is 180 g/mol. The van der Waals surface area contributed by atoms with Crippen molar-refractivity contribution in [3.8, 4) is 0 Å². The van der Waals surface area contributed by atoms with Gasteiger partial charge in [-0.3, -0.25) is 0 Å². The first kappa shape index (κ1) is 14.7. The zero-order chi connectivity index (χ0) is 11.4. The summed E-state index contributed by atoms with van der Waals surface area (Å²) in [5.41, 5.74) is 1.60. The normalized spacial score (nSPS) is 12.1. The maximum atomic E-state index is 2.45. The minimum Gasteiger partial charge on any atom is -0.0856 e. The molecule has 0 aliphatic carbocycles. The van der Waals surface area contributed by atoms with E-state index in [9.17, 15) is 0 Å². The molecule has 0 saturated heterocycles. The second-order valence-electron chi connectivity index (χ2n) is 4.71. The molecule has 0 heteroatoms. The average molecular weight is 210 g/mol. The highest BCUT2D eigenvalue weighted by atomic mass is 14.0.